The average Bonchev–Trinajstić information content (AvgIpc) is 2.62. The van der Waals surface area contributed by atoms with Crippen LogP contribution in [0.15, 0.2) is 0 Å². The first-order valence-electron chi connectivity index (χ1n) is 5.49. The molecule has 0 aliphatic heterocycles. The number of amides is 1. The summed E-state index contributed by atoms with van der Waals surface area (Å²) in [5.74, 6) is -0.280. The van der Waals surface area contributed by atoms with Gasteiger partial charge in [-0.05, 0) is 6.92 Å². The highest BCUT2D eigenvalue weighted by Gasteiger charge is 2.31. The third kappa shape index (κ3) is 4.34. The van der Waals surface area contributed by atoms with E-state index < -0.39 is 24.5 Å². The van der Waals surface area contributed by atoms with Crippen LogP contribution in [-0.2, 0) is 0 Å². The molecular formula is C10H15F3N4O. The van der Waals surface area contributed by atoms with Crippen molar-refractivity contribution in [2.75, 3.05) is 0 Å². The third-order valence-corrected chi connectivity index (χ3v) is 2.17. The summed E-state index contributed by atoms with van der Waals surface area (Å²) in [5.41, 5.74) is 0. The summed E-state index contributed by atoms with van der Waals surface area (Å²) in [4.78, 5) is 15.5. The summed E-state index contributed by atoms with van der Waals surface area (Å²) in [6.45, 7) is 4.99. The van der Waals surface area contributed by atoms with Crippen molar-refractivity contribution in [1.82, 2.24) is 20.5 Å². The Hall–Kier alpha value is -1.60. The maximum absolute atomic E-state index is 12.1. The Bertz CT molecular complexity index is 414. The van der Waals surface area contributed by atoms with Crippen molar-refractivity contribution < 1.29 is 18.0 Å². The fraction of sp³-hybridized carbons (Fsp3) is 0.700. The minimum absolute atomic E-state index is 0.0617. The second-order valence-electron chi connectivity index (χ2n) is 4.39. The molecule has 0 saturated heterocycles. The smallest absolute Gasteiger partial charge is 0.346 e. The van der Waals surface area contributed by atoms with Crippen LogP contribution in [0.2, 0.25) is 0 Å². The molecule has 8 heteroatoms. The van der Waals surface area contributed by atoms with Crippen molar-refractivity contribution >= 4 is 5.91 Å². The van der Waals surface area contributed by atoms with Crippen molar-refractivity contribution in [3.05, 3.63) is 11.6 Å². The molecule has 0 saturated carbocycles. The van der Waals surface area contributed by atoms with Crippen LogP contribution in [0.5, 0.6) is 0 Å². The van der Waals surface area contributed by atoms with Gasteiger partial charge in [0.15, 0.2) is 0 Å². The molecule has 102 valence electrons. The predicted molar refractivity (Wildman–Crippen MR) is 58.1 cm³/mol. The molecule has 1 aromatic rings. The van der Waals surface area contributed by atoms with Gasteiger partial charge in [0.2, 0.25) is 5.82 Å². The molecule has 18 heavy (non-hydrogen) atoms. The first-order chi connectivity index (χ1) is 8.19. The van der Waals surface area contributed by atoms with E-state index in [4.69, 9.17) is 0 Å². The lowest BCUT2D eigenvalue weighted by molar-refractivity contribution is -0.138. The molecule has 0 aliphatic carbocycles. The van der Waals surface area contributed by atoms with E-state index in [1.165, 1.54) is 6.92 Å². The average molecular weight is 264 g/mol. The number of rotatable bonds is 4. The van der Waals surface area contributed by atoms with Gasteiger partial charge in [-0.15, -0.1) is 5.10 Å². The first-order valence-corrected chi connectivity index (χ1v) is 5.49. The molecule has 0 aromatic carbocycles. The Balaban J connectivity index is 2.59. The molecule has 0 aliphatic rings. The van der Waals surface area contributed by atoms with Crippen LogP contribution in [0.3, 0.4) is 0 Å². The Morgan fingerprint density at radius 3 is 2.44 bits per heavy atom. The Morgan fingerprint density at radius 2 is 2.00 bits per heavy atom. The number of carbonyl (C=O) groups is 1. The van der Waals surface area contributed by atoms with Gasteiger partial charge in [0, 0.05) is 12.0 Å². The van der Waals surface area contributed by atoms with Crippen LogP contribution < -0.4 is 5.32 Å². The fourth-order valence-electron chi connectivity index (χ4n) is 1.32. The molecule has 1 heterocycles. The van der Waals surface area contributed by atoms with Crippen molar-refractivity contribution in [2.45, 2.75) is 45.3 Å². The Kier molecular flexibility index (Phi) is 4.31. The number of aromatic nitrogens is 3. The van der Waals surface area contributed by atoms with E-state index in [1.54, 1.807) is 0 Å². The molecule has 0 fully saturated rings. The van der Waals surface area contributed by atoms with Crippen LogP contribution >= 0.6 is 0 Å². The zero-order valence-corrected chi connectivity index (χ0v) is 10.3. The summed E-state index contributed by atoms with van der Waals surface area (Å²) < 4.78 is 36.2. The summed E-state index contributed by atoms with van der Waals surface area (Å²) in [7, 11) is 0. The second kappa shape index (κ2) is 5.36. The Morgan fingerprint density at radius 1 is 1.39 bits per heavy atom. The van der Waals surface area contributed by atoms with Crippen LogP contribution in [0.4, 0.5) is 13.2 Å². The molecule has 0 radical (unpaired) electrons. The summed E-state index contributed by atoms with van der Waals surface area (Å²) in [6.07, 6.45) is -5.39. The SMILES string of the molecule is CC(CC(F)(F)F)NC(=O)c1n[nH]c(C(C)C)n1. The van der Waals surface area contributed by atoms with E-state index >= 15 is 0 Å². The Labute approximate surface area is 102 Å². The lowest BCUT2D eigenvalue weighted by atomic mass is 10.2. The molecule has 0 bridgehead atoms. The number of nitrogens with zero attached hydrogens (tertiary/aromatic N) is 2. The number of hydrogen-bond donors (Lipinski definition) is 2. The van der Waals surface area contributed by atoms with Crippen LogP contribution in [-0.4, -0.2) is 33.3 Å². The summed E-state index contributed by atoms with van der Waals surface area (Å²) in [6, 6.07) is -1.02. The normalized spacial score (nSPS) is 13.7. The van der Waals surface area contributed by atoms with E-state index in [2.05, 4.69) is 20.5 Å². The monoisotopic (exact) mass is 264 g/mol. The zero-order chi connectivity index (χ0) is 13.9. The van der Waals surface area contributed by atoms with Gasteiger partial charge >= 0.3 is 6.18 Å². The van der Waals surface area contributed by atoms with Crippen LogP contribution in [0.1, 0.15) is 49.6 Å². The first kappa shape index (κ1) is 14.5. The highest BCUT2D eigenvalue weighted by Crippen LogP contribution is 2.21. The molecular weight excluding hydrogens is 249 g/mol. The van der Waals surface area contributed by atoms with E-state index in [-0.39, 0.29) is 11.7 Å². The lowest BCUT2D eigenvalue weighted by Gasteiger charge is -2.14. The van der Waals surface area contributed by atoms with Crippen molar-refractivity contribution in [3.8, 4) is 0 Å². The lowest BCUT2D eigenvalue weighted by Crippen LogP contribution is -2.36. The van der Waals surface area contributed by atoms with E-state index in [1.807, 2.05) is 13.8 Å². The number of alkyl halides is 3. The summed E-state index contributed by atoms with van der Waals surface area (Å²) in [5, 5.41) is 8.42. The number of aromatic amines is 1. The number of carbonyl (C=O) groups excluding carboxylic acids is 1. The van der Waals surface area contributed by atoms with Gasteiger partial charge in [0.05, 0.1) is 6.42 Å². The zero-order valence-electron chi connectivity index (χ0n) is 10.3. The molecule has 1 unspecified atom stereocenters. The topological polar surface area (TPSA) is 70.7 Å². The third-order valence-electron chi connectivity index (χ3n) is 2.17. The van der Waals surface area contributed by atoms with Gasteiger partial charge in [0.25, 0.3) is 5.91 Å². The van der Waals surface area contributed by atoms with Crippen LogP contribution in [0, 0.1) is 0 Å². The highest BCUT2D eigenvalue weighted by atomic mass is 19.4. The molecule has 1 rings (SSSR count). The predicted octanol–water partition coefficient (Wildman–Crippen LogP) is 2.00. The molecule has 1 atom stereocenters. The van der Waals surface area contributed by atoms with Crippen LogP contribution in [0.25, 0.3) is 0 Å². The quantitative estimate of drug-likeness (QED) is 0.873. The van der Waals surface area contributed by atoms with Crippen molar-refractivity contribution in [3.63, 3.8) is 0 Å². The minimum Gasteiger partial charge on any atom is -0.346 e. The summed E-state index contributed by atoms with van der Waals surface area (Å²) >= 11 is 0. The van der Waals surface area contributed by atoms with Gasteiger partial charge in [0.1, 0.15) is 5.82 Å². The van der Waals surface area contributed by atoms with E-state index in [9.17, 15) is 18.0 Å². The van der Waals surface area contributed by atoms with Gasteiger partial charge in [-0.25, -0.2) is 4.98 Å². The van der Waals surface area contributed by atoms with Gasteiger partial charge in [-0.1, -0.05) is 13.8 Å². The number of halogens is 3. The van der Waals surface area contributed by atoms with Gasteiger partial charge in [-0.2, -0.15) is 13.2 Å². The molecule has 1 amide bonds. The molecule has 2 N–H and O–H groups in total. The molecule has 5 nitrogen and oxygen atoms in total. The maximum Gasteiger partial charge on any atom is 0.391 e. The van der Waals surface area contributed by atoms with Crippen molar-refractivity contribution in [1.29, 1.82) is 0 Å². The number of nitrogens with one attached hydrogen (secondary N) is 2. The van der Waals surface area contributed by atoms with Crippen molar-refractivity contribution in [2.24, 2.45) is 0 Å². The highest BCUT2D eigenvalue weighted by molar-refractivity contribution is 5.90. The second-order valence-corrected chi connectivity index (χ2v) is 4.39. The van der Waals surface area contributed by atoms with Gasteiger partial charge < -0.3 is 5.32 Å². The largest absolute Gasteiger partial charge is 0.391 e. The van der Waals surface area contributed by atoms with E-state index in [0.29, 0.717) is 5.82 Å². The van der Waals surface area contributed by atoms with E-state index in [0.717, 1.165) is 0 Å². The van der Waals surface area contributed by atoms with Gasteiger partial charge in [-0.3, -0.25) is 9.89 Å². The standard InChI is InChI=1S/C10H15F3N4O/c1-5(2)7-15-8(17-16-7)9(18)14-6(3)4-10(11,12)13/h5-6H,4H2,1-3H3,(H,14,18)(H,15,16,17). The fourth-order valence-corrected chi connectivity index (χ4v) is 1.32. The maximum atomic E-state index is 12.1. The molecule has 0 spiro atoms. The number of hydrogen-bond acceptors (Lipinski definition) is 3. The minimum atomic E-state index is -4.31. The number of H-pyrrole nitrogens is 1. The molecule has 1 aromatic heterocycles.